The summed E-state index contributed by atoms with van der Waals surface area (Å²) in [6, 6.07) is 4.96. The molecule has 0 saturated carbocycles. The average Bonchev–Trinajstić information content (AvgIpc) is 2.79. The fraction of sp³-hybridized carbons (Fsp3) is 0.308. The number of benzene rings is 1. The Hall–Kier alpha value is -1.82. The van der Waals surface area contributed by atoms with Crippen molar-refractivity contribution >= 4 is 10.0 Å². The molecule has 0 aliphatic carbocycles. The van der Waals surface area contributed by atoms with Gasteiger partial charge in [0.2, 0.25) is 0 Å². The molecule has 1 aromatic heterocycles. The maximum Gasteiger partial charge on any atom is 0.286 e. The number of hydrogen-bond acceptors (Lipinski definition) is 4. The van der Waals surface area contributed by atoms with E-state index in [1.54, 1.807) is 25.1 Å². The van der Waals surface area contributed by atoms with Crippen LogP contribution in [0, 0.1) is 20.8 Å². The van der Waals surface area contributed by atoms with E-state index in [0.29, 0.717) is 11.4 Å². The second kappa shape index (κ2) is 4.70. The molecule has 0 unspecified atom stereocenters. The first-order valence-corrected chi connectivity index (χ1v) is 7.24. The van der Waals surface area contributed by atoms with Gasteiger partial charge in [-0.15, -0.1) is 0 Å². The van der Waals surface area contributed by atoms with Crippen molar-refractivity contribution in [2.75, 3.05) is 7.11 Å². The van der Waals surface area contributed by atoms with Crippen molar-refractivity contribution in [2.24, 2.45) is 0 Å². The van der Waals surface area contributed by atoms with Crippen LogP contribution in [0.25, 0.3) is 0 Å². The number of hydrogen-bond donors (Lipinski definition) is 0. The van der Waals surface area contributed by atoms with Crippen molar-refractivity contribution in [1.29, 1.82) is 0 Å². The second-order valence-corrected chi connectivity index (χ2v) is 6.14. The van der Waals surface area contributed by atoms with Crippen LogP contribution < -0.4 is 4.74 Å². The summed E-state index contributed by atoms with van der Waals surface area (Å²) in [6.07, 6.45) is 1.43. The summed E-state index contributed by atoms with van der Waals surface area (Å²) >= 11 is 0. The summed E-state index contributed by atoms with van der Waals surface area (Å²) in [7, 11) is -2.25. The molecule has 5 nitrogen and oxygen atoms in total. The first-order valence-electron chi connectivity index (χ1n) is 5.80. The highest BCUT2D eigenvalue weighted by molar-refractivity contribution is 7.90. The fourth-order valence-corrected chi connectivity index (χ4v) is 3.22. The lowest BCUT2D eigenvalue weighted by atomic mass is 10.1. The van der Waals surface area contributed by atoms with Gasteiger partial charge in [0.1, 0.15) is 10.6 Å². The topological polar surface area (TPSA) is 61.2 Å². The number of aromatic nitrogens is 2. The lowest BCUT2D eigenvalue weighted by Crippen LogP contribution is -2.15. The third-order valence-corrected chi connectivity index (χ3v) is 4.64. The summed E-state index contributed by atoms with van der Waals surface area (Å²) in [5.41, 5.74) is 2.44. The molecule has 0 amide bonds. The van der Waals surface area contributed by atoms with Crippen molar-refractivity contribution in [3.63, 3.8) is 0 Å². The summed E-state index contributed by atoms with van der Waals surface area (Å²) in [6.45, 7) is 5.48. The minimum absolute atomic E-state index is 0.126. The number of methoxy groups -OCH3 is 1. The molecule has 1 heterocycles. The molecule has 6 heteroatoms. The van der Waals surface area contributed by atoms with Gasteiger partial charge in [0.05, 0.1) is 12.8 Å². The van der Waals surface area contributed by atoms with Crippen molar-refractivity contribution in [1.82, 2.24) is 9.19 Å². The van der Waals surface area contributed by atoms with E-state index in [1.165, 1.54) is 13.3 Å². The average molecular weight is 280 g/mol. The Morgan fingerprint density at radius 3 is 2.37 bits per heavy atom. The zero-order valence-electron chi connectivity index (χ0n) is 11.3. The van der Waals surface area contributed by atoms with Crippen LogP contribution in [0.5, 0.6) is 5.75 Å². The molecule has 0 N–H and O–H groups in total. The van der Waals surface area contributed by atoms with Crippen molar-refractivity contribution in [3.05, 3.63) is 41.2 Å². The minimum atomic E-state index is -3.72. The van der Waals surface area contributed by atoms with Crippen LogP contribution in [0.1, 0.15) is 16.8 Å². The van der Waals surface area contributed by atoms with Gasteiger partial charge in [0.15, 0.2) is 0 Å². The van der Waals surface area contributed by atoms with Gasteiger partial charge in [0, 0.05) is 6.20 Å². The van der Waals surface area contributed by atoms with Gasteiger partial charge in [-0.05, 0) is 44.0 Å². The Morgan fingerprint density at radius 2 is 1.84 bits per heavy atom. The van der Waals surface area contributed by atoms with E-state index < -0.39 is 10.0 Å². The normalized spacial score (nSPS) is 11.6. The zero-order valence-corrected chi connectivity index (χ0v) is 12.2. The molecule has 102 valence electrons. The first-order chi connectivity index (χ1) is 8.87. The van der Waals surface area contributed by atoms with Gasteiger partial charge in [0.25, 0.3) is 10.0 Å². The SMILES string of the molecule is COc1c(S(=O)(=O)n2ccc(C)n2)ccc(C)c1C. The lowest BCUT2D eigenvalue weighted by Gasteiger charge is -2.13. The monoisotopic (exact) mass is 280 g/mol. The van der Waals surface area contributed by atoms with E-state index in [1.807, 2.05) is 13.8 Å². The largest absolute Gasteiger partial charge is 0.495 e. The zero-order chi connectivity index (χ0) is 14.2. The van der Waals surface area contributed by atoms with Crippen molar-refractivity contribution in [2.45, 2.75) is 25.7 Å². The maximum atomic E-state index is 12.5. The Bertz CT molecular complexity index is 717. The predicted molar refractivity (Wildman–Crippen MR) is 72.0 cm³/mol. The van der Waals surface area contributed by atoms with Crippen LogP contribution in [-0.2, 0) is 10.0 Å². The third kappa shape index (κ3) is 2.23. The first kappa shape index (κ1) is 13.6. The van der Waals surface area contributed by atoms with E-state index in [-0.39, 0.29) is 4.90 Å². The molecule has 2 rings (SSSR count). The van der Waals surface area contributed by atoms with E-state index in [9.17, 15) is 8.42 Å². The van der Waals surface area contributed by atoms with Gasteiger partial charge >= 0.3 is 0 Å². The van der Waals surface area contributed by atoms with E-state index in [2.05, 4.69) is 5.10 Å². The molecule has 0 aliphatic heterocycles. The molecule has 0 spiro atoms. The smallest absolute Gasteiger partial charge is 0.286 e. The van der Waals surface area contributed by atoms with Crippen LogP contribution in [-0.4, -0.2) is 24.7 Å². The molecule has 0 saturated heterocycles. The molecule has 2 aromatic rings. The predicted octanol–water partition coefficient (Wildman–Crippen LogP) is 2.05. The maximum absolute atomic E-state index is 12.5. The fourth-order valence-electron chi connectivity index (χ4n) is 1.85. The van der Waals surface area contributed by atoms with Crippen LogP contribution in [0.3, 0.4) is 0 Å². The van der Waals surface area contributed by atoms with Crippen LogP contribution >= 0.6 is 0 Å². The Labute approximate surface area is 112 Å². The lowest BCUT2D eigenvalue weighted by molar-refractivity contribution is 0.398. The number of ether oxygens (including phenoxy) is 1. The van der Waals surface area contributed by atoms with Gasteiger partial charge in [-0.3, -0.25) is 0 Å². The van der Waals surface area contributed by atoms with Crippen LogP contribution in [0.2, 0.25) is 0 Å². The molecule has 0 atom stereocenters. The van der Waals surface area contributed by atoms with E-state index in [4.69, 9.17) is 4.74 Å². The Morgan fingerprint density at radius 1 is 1.16 bits per heavy atom. The minimum Gasteiger partial charge on any atom is -0.495 e. The summed E-state index contributed by atoms with van der Waals surface area (Å²) in [5, 5.41) is 3.96. The Balaban J connectivity index is 2.68. The van der Waals surface area contributed by atoms with Crippen molar-refractivity contribution in [3.8, 4) is 5.75 Å². The van der Waals surface area contributed by atoms with Crippen molar-refractivity contribution < 1.29 is 13.2 Å². The van der Waals surface area contributed by atoms with E-state index >= 15 is 0 Å². The Kier molecular flexibility index (Phi) is 3.36. The van der Waals surface area contributed by atoms with Gasteiger partial charge in [-0.1, -0.05) is 6.07 Å². The highest BCUT2D eigenvalue weighted by Crippen LogP contribution is 2.30. The number of aryl methyl sites for hydroxylation is 2. The second-order valence-electron chi connectivity index (χ2n) is 4.37. The molecule has 0 fully saturated rings. The molecular weight excluding hydrogens is 264 g/mol. The van der Waals surface area contributed by atoms with Gasteiger partial charge in [-0.2, -0.15) is 17.6 Å². The number of rotatable bonds is 3. The summed E-state index contributed by atoms with van der Waals surface area (Å²) in [5.74, 6) is 0.369. The molecular formula is C13H16N2O3S. The highest BCUT2D eigenvalue weighted by atomic mass is 32.2. The molecule has 1 aromatic carbocycles. The highest BCUT2D eigenvalue weighted by Gasteiger charge is 2.24. The van der Waals surface area contributed by atoms with E-state index in [0.717, 1.165) is 15.2 Å². The quantitative estimate of drug-likeness (QED) is 0.863. The summed E-state index contributed by atoms with van der Waals surface area (Å²) < 4.78 is 31.2. The van der Waals surface area contributed by atoms with Crippen LogP contribution in [0.4, 0.5) is 0 Å². The molecule has 0 aliphatic rings. The standard InChI is InChI=1S/C13H16N2O3S/c1-9-5-6-12(13(18-4)11(9)3)19(16,17)15-8-7-10(2)14-15/h5-8H,1-4H3. The molecule has 0 bridgehead atoms. The molecule has 19 heavy (non-hydrogen) atoms. The van der Waals surface area contributed by atoms with Crippen LogP contribution in [0.15, 0.2) is 29.3 Å². The number of nitrogens with zero attached hydrogens (tertiary/aromatic N) is 2. The third-order valence-electron chi connectivity index (χ3n) is 3.07. The molecule has 0 radical (unpaired) electrons. The summed E-state index contributed by atoms with van der Waals surface area (Å²) in [4.78, 5) is 0.126. The van der Waals surface area contributed by atoms with Gasteiger partial charge in [-0.25, -0.2) is 0 Å². The van der Waals surface area contributed by atoms with Gasteiger partial charge < -0.3 is 4.74 Å².